The van der Waals surface area contributed by atoms with Crippen molar-refractivity contribution in [3.05, 3.63) is 65.2 Å². The van der Waals surface area contributed by atoms with Gasteiger partial charge in [0.05, 0.1) is 18.2 Å². The third kappa shape index (κ3) is 3.24. The van der Waals surface area contributed by atoms with Crippen molar-refractivity contribution >= 4 is 11.5 Å². The lowest BCUT2D eigenvalue weighted by Crippen LogP contribution is -2.25. The molecule has 2 aromatic carbocycles. The molecule has 2 rings (SSSR count). The monoisotopic (exact) mass is 264 g/mol. The van der Waals surface area contributed by atoms with Crippen molar-refractivity contribution in [1.82, 2.24) is 0 Å². The van der Waals surface area contributed by atoms with Crippen molar-refractivity contribution in [3.63, 3.8) is 0 Å². The van der Waals surface area contributed by atoms with E-state index >= 15 is 0 Å². The minimum Gasteiger partial charge on any atom is -0.367 e. The molecule has 0 N–H and O–H groups in total. The van der Waals surface area contributed by atoms with Gasteiger partial charge in [-0.1, -0.05) is 35.9 Å². The van der Waals surface area contributed by atoms with E-state index in [2.05, 4.69) is 6.07 Å². The fourth-order valence-corrected chi connectivity index (χ4v) is 1.95. The lowest BCUT2D eigenvalue weighted by molar-refractivity contribution is 0.100. The summed E-state index contributed by atoms with van der Waals surface area (Å²) in [5.41, 5.74) is 3.30. The van der Waals surface area contributed by atoms with Crippen LogP contribution in [0.4, 0.5) is 5.69 Å². The highest BCUT2D eigenvalue weighted by Crippen LogP contribution is 2.15. The van der Waals surface area contributed by atoms with Gasteiger partial charge in [0.25, 0.3) is 0 Å². The second kappa shape index (κ2) is 6.03. The molecule has 0 fully saturated rings. The summed E-state index contributed by atoms with van der Waals surface area (Å²) in [5, 5.41) is 8.89. The summed E-state index contributed by atoms with van der Waals surface area (Å²) in [6, 6.07) is 16.9. The van der Waals surface area contributed by atoms with Gasteiger partial charge in [-0.25, -0.2) is 0 Å². The number of anilines is 1. The molecular weight excluding hydrogens is 248 g/mol. The number of hydrogen-bond acceptors (Lipinski definition) is 3. The molecule has 0 amide bonds. The van der Waals surface area contributed by atoms with Gasteiger partial charge in [0, 0.05) is 18.3 Å². The Hall–Kier alpha value is -2.60. The minimum atomic E-state index is 0.0647. The van der Waals surface area contributed by atoms with Crippen molar-refractivity contribution in [2.75, 3.05) is 18.5 Å². The summed E-state index contributed by atoms with van der Waals surface area (Å²) < 4.78 is 0. The molecule has 20 heavy (non-hydrogen) atoms. The molecule has 0 aliphatic rings. The molecule has 3 nitrogen and oxygen atoms in total. The normalized spacial score (nSPS) is 9.85. The van der Waals surface area contributed by atoms with Crippen molar-refractivity contribution in [2.45, 2.75) is 6.92 Å². The number of ketones is 1. The molecule has 0 bridgehead atoms. The fraction of sp³-hybridized carbons (Fsp3) is 0.176. The molecule has 0 aliphatic carbocycles. The first-order chi connectivity index (χ1) is 9.60. The Kier molecular flexibility index (Phi) is 4.17. The van der Waals surface area contributed by atoms with Crippen LogP contribution >= 0.6 is 0 Å². The van der Waals surface area contributed by atoms with Gasteiger partial charge in [-0.2, -0.15) is 5.26 Å². The van der Waals surface area contributed by atoms with Gasteiger partial charge in [0.1, 0.15) is 0 Å². The first-order valence-corrected chi connectivity index (χ1v) is 6.41. The van der Waals surface area contributed by atoms with E-state index in [0.717, 1.165) is 11.3 Å². The molecule has 3 heteroatoms. The maximum Gasteiger partial charge on any atom is 0.182 e. The maximum absolute atomic E-state index is 12.2. The quantitative estimate of drug-likeness (QED) is 0.797. The van der Waals surface area contributed by atoms with Gasteiger partial charge >= 0.3 is 0 Å². The average molecular weight is 264 g/mol. The lowest BCUT2D eigenvalue weighted by Gasteiger charge is -2.18. The fourth-order valence-electron chi connectivity index (χ4n) is 1.95. The zero-order valence-corrected chi connectivity index (χ0v) is 11.6. The van der Waals surface area contributed by atoms with E-state index in [1.807, 2.05) is 55.3 Å². The predicted octanol–water partition coefficient (Wildman–Crippen LogP) is 3.19. The molecule has 0 spiro atoms. The van der Waals surface area contributed by atoms with Crippen molar-refractivity contribution in [2.24, 2.45) is 0 Å². The molecule has 0 radical (unpaired) electrons. The first kappa shape index (κ1) is 13.8. The van der Waals surface area contributed by atoms with Gasteiger partial charge in [-0.15, -0.1) is 0 Å². The van der Waals surface area contributed by atoms with Crippen molar-refractivity contribution in [3.8, 4) is 6.07 Å². The Morgan fingerprint density at radius 1 is 1.20 bits per heavy atom. The Morgan fingerprint density at radius 3 is 2.55 bits per heavy atom. The first-order valence-electron chi connectivity index (χ1n) is 6.41. The molecule has 0 saturated carbocycles. The predicted molar refractivity (Wildman–Crippen MR) is 79.9 cm³/mol. The van der Waals surface area contributed by atoms with Crippen LogP contribution in [0.1, 0.15) is 21.5 Å². The van der Waals surface area contributed by atoms with E-state index < -0.39 is 0 Å². The SMILES string of the molecule is Cc1ccc(C(=O)CN(C)c2cccc(C#N)c2)cc1. The molecule has 0 heterocycles. The van der Waals surface area contributed by atoms with E-state index in [1.54, 1.807) is 12.1 Å². The largest absolute Gasteiger partial charge is 0.367 e. The second-order valence-corrected chi connectivity index (χ2v) is 4.81. The maximum atomic E-state index is 12.2. The highest BCUT2D eigenvalue weighted by Gasteiger charge is 2.10. The van der Waals surface area contributed by atoms with Gasteiger partial charge in [0.15, 0.2) is 5.78 Å². The number of carbonyl (C=O) groups is 1. The zero-order valence-electron chi connectivity index (χ0n) is 11.6. The summed E-state index contributed by atoms with van der Waals surface area (Å²) in [6.45, 7) is 2.28. The van der Waals surface area contributed by atoms with Crippen LogP contribution in [0.25, 0.3) is 0 Å². The van der Waals surface area contributed by atoms with Gasteiger partial charge in [-0.05, 0) is 25.1 Å². The van der Waals surface area contributed by atoms with Crippen molar-refractivity contribution in [1.29, 1.82) is 5.26 Å². The average Bonchev–Trinajstić information content (AvgIpc) is 2.47. The van der Waals surface area contributed by atoms with E-state index in [9.17, 15) is 4.79 Å². The highest BCUT2D eigenvalue weighted by molar-refractivity contribution is 5.99. The van der Waals surface area contributed by atoms with E-state index in [0.29, 0.717) is 11.1 Å². The Bertz CT molecular complexity index is 653. The van der Waals surface area contributed by atoms with Crippen LogP contribution in [0.15, 0.2) is 48.5 Å². The summed E-state index contributed by atoms with van der Waals surface area (Å²) in [4.78, 5) is 14.0. The minimum absolute atomic E-state index is 0.0647. The molecule has 100 valence electrons. The molecule has 0 unspecified atom stereocenters. The van der Waals surface area contributed by atoms with E-state index in [1.165, 1.54) is 0 Å². The third-order valence-electron chi connectivity index (χ3n) is 3.17. The van der Waals surface area contributed by atoms with E-state index in [4.69, 9.17) is 5.26 Å². The molecule has 2 aromatic rings. The summed E-state index contributed by atoms with van der Waals surface area (Å²) >= 11 is 0. The van der Waals surface area contributed by atoms with Crippen LogP contribution in [-0.2, 0) is 0 Å². The number of nitrogens with zero attached hydrogens (tertiary/aromatic N) is 2. The highest BCUT2D eigenvalue weighted by atomic mass is 16.1. The number of rotatable bonds is 4. The number of carbonyl (C=O) groups excluding carboxylic acids is 1. The Morgan fingerprint density at radius 2 is 1.90 bits per heavy atom. The van der Waals surface area contributed by atoms with Crippen LogP contribution in [0, 0.1) is 18.3 Å². The molecule has 0 aromatic heterocycles. The summed E-state index contributed by atoms with van der Waals surface area (Å²) in [5.74, 6) is 0.0647. The lowest BCUT2D eigenvalue weighted by atomic mass is 10.1. The third-order valence-corrected chi connectivity index (χ3v) is 3.17. The Balaban J connectivity index is 2.11. The Labute approximate surface area is 119 Å². The standard InChI is InChI=1S/C17H16N2O/c1-13-6-8-15(9-7-13)17(20)12-19(2)16-5-3-4-14(10-16)11-18/h3-10H,12H2,1-2H3. The number of Topliss-reactive ketones (excluding diaryl/α,β-unsaturated/α-hetero) is 1. The smallest absolute Gasteiger partial charge is 0.182 e. The van der Waals surface area contributed by atoms with Gasteiger partial charge in [-0.3, -0.25) is 4.79 Å². The number of nitriles is 1. The second-order valence-electron chi connectivity index (χ2n) is 4.81. The van der Waals surface area contributed by atoms with Gasteiger partial charge < -0.3 is 4.90 Å². The topological polar surface area (TPSA) is 44.1 Å². The summed E-state index contributed by atoms with van der Waals surface area (Å²) in [6.07, 6.45) is 0. The molecule has 0 atom stereocenters. The summed E-state index contributed by atoms with van der Waals surface area (Å²) in [7, 11) is 1.85. The van der Waals surface area contributed by atoms with Gasteiger partial charge in [0.2, 0.25) is 0 Å². The number of aryl methyl sites for hydroxylation is 1. The number of benzene rings is 2. The van der Waals surface area contributed by atoms with Crippen LogP contribution < -0.4 is 4.90 Å². The van der Waals surface area contributed by atoms with Crippen LogP contribution in [0.3, 0.4) is 0 Å². The number of hydrogen-bond donors (Lipinski definition) is 0. The van der Waals surface area contributed by atoms with Crippen LogP contribution in [-0.4, -0.2) is 19.4 Å². The zero-order chi connectivity index (χ0) is 14.5. The molecular formula is C17H16N2O. The molecule has 0 aliphatic heterocycles. The van der Waals surface area contributed by atoms with E-state index in [-0.39, 0.29) is 12.3 Å². The van der Waals surface area contributed by atoms with Crippen LogP contribution in [0.5, 0.6) is 0 Å². The number of likely N-dealkylation sites (N-methyl/N-ethyl adjacent to an activating group) is 1. The molecule has 0 saturated heterocycles. The van der Waals surface area contributed by atoms with Crippen LogP contribution in [0.2, 0.25) is 0 Å². The van der Waals surface area contributed by atoms with Crippen molar-refractivity contribution < 1.29 is 4.79 Å².